The van der Waals surface area contributed by atoms with Crippen LogP contribution in [-0.2, 0) is 6.42 Å². The summed E-state index contributed by atoms with van der Waals surface area (Å²) in [5.74, 6) is 1.13. The lowest BCUT2D eigenvalue weighted by molar-refractivity contribution is 0.631. The van der Waals surface area contributed by atoms with Gasteiger partial charge in [-0.15, -0.1) is 11.3 Å². The Morgan fingerprint density at radius 3 is 2.72 bits per heavy atom. The number of aromatic nitrogens is 2. The number of nitrogens with zero attached hydrogens (tertiary/aromatic N) is 1. The van der Waals surface area contributed by atoms with Gasteiger partial charge in [0.05, 0.1) is 10.6 Å². The van der Waals surface area contributed by atoms with Crippen LogP contribution in [0.25, 0.3) is 10.7 Å². The molecule has 0 bridgehead atoms. The molecule has 96 valence electrons. The van der Waals surface area contributed by atoms with E-state index in [0.29, 0.717) is 16.2 Å². The van der Waals surface area contributed by atoms with Gasteiger partial charge in [0.1, 0.15) is 4.47 Å². The maximum Gasteiger partial charge on any atom is 0.265 e. The minimum absolute atomic E-state index is 0.110. The highest BCUT2D eigenvalue weighted by molar-refractivity contribution is 9.10. The van der Waals surface area contributed by atoms with Crippen molar-refractivity contribution in [2.24, 2.45) is 5.92 Å². The Morgan fingerprint density at radius 2 is 2.17 bits per heavy atom. The molecule has 1 N–H and O–H groups in total. The van der Waals surface area contributed by atoms with Crippen LogP contribution in [0, 0.1) is 12.8 Å². The Kier molecular flexibility index (Phi) is 4.02. The maximum absolute atomic E-state index is 11.9. The molecule has 0 saturated heterocycles. The van der Waals surface area contributed by atoms with Crippen LogP contribution >= 0.6 is 27.3 Å². The molecule has 18 heavy (non-hydrogen) atoms. The van der Waals surface area contributed by atoms with Gasteiger partial charge in [0.25, 0.3) is 5.56 Å². The highest BCUT2D eigenvalue weighted by atomic mass is 79.9. The van der Waals surface area contributed by atoms with Crippen molar-refractivity contribution >= 4 is 27.3 Å². The lowest BCUT2D eigenvalue weighted by Crippen LogP contribution is -2.14. The molecule has 0 aliphatic heterocycles. The van der Waals surface area contributed by atoms with E-state index in [0.717, 1.165) is 17.0 Å². The first-order valence-corrected chi connectivity index (χ1v) is 7.44. The van der Waals surface area contributed by atoms with Crippen molar-refractivity contribution in [1.29, 1.82) is 0 Å². The largest absolute Gasteiger partial charge is 0.305 e. The number of aromatic amines is 1. The molecule has 0 radical (unpaired) electrons. The van der Waals surface area contributed by atoms with Crippen LogP contribution < -0.4 is 5.56 Å². The fraction of sp³-hybridized carbons (Fsp3) is 0.385. The average Bonchev–Trinajstić information content (AvgIpc) is 2.70. The van der Waals surface area contributed by atoms with E-state index >= 15 is 0 Å². The van der Waals surface area contributed by atoms with Crippen LogP contribution in [0.15, 0.2) is 21.4 Å². The Morgan fingerprint density at radius 1 is 1.44 bits per heavy atom. The van der Waals surface area contributed by atoms with Gasteiger partial charge >= 0.3 is 0 Å². The molecule has 3 nitrogen and oxygen atoms in total. The maximum atomic E-state index is 11.9. The third kappa shape index (κ3) is 2.90. The van der Waals surface area contributed by atoms with E-state index in [1.54, 1.807) is 11.3 Å². The van der Waals surface area contributed by atoms with Crippen molar-refractivity contribution in [2.45, 2.75) is 27.2 Å². The quantitative estimate of drug-likeness (QED) is 0.933. The van der Waals surface area contributed by atoms with Crippen molar-refractivity contribution in [3.05, 3.63) is 37.5 Å². The molecule has 0 saturated carbocycles. The second kappa shape index (κ2) is 5.36. The van der Waals surface area contributed by atoms with E-state index in [4.69, 9.17) is 0 Å². The zero-order chi connectivity index (χ0) is 13.3. The highest BCUT2D eigenvalue weighted by Gasteiger charge is 2.12. The Labute approximate surface area is 118 Å². The molecule has 0 aromatic carbocycles. The summed E-state index contributed by atoms with van der Waals surface area (Å²) in [6, 6.07) is 4.02. The van der Waals surface area contributed by atoms with Crippen LogP contribution in [0.2, 0.25) is 0 Å². The number of thiophene rings is 1. The average molecular weight is 327 g/mol. The Balaban J connectivity index is 2.50. The molecule has 0 amide bonds. The second-order valence-corrected chi connectivity index (χ2v) is 6.76. The molecule has 2 rings (SSSR count). The summed E-state index contributed by atoms with van der Waals surface area (Å²) in [6.45, 7) is 6.27. The Bertz CT molecular complexity index is 616. The van der Waals surface area contributed by atoms with E-state index in [9.17, 15) is 4.79 Å². The summed E-state index contributed by atoms with van der Waals surface area (Å²) in [4.78, 5) is 21.5. The predicted octanol–water partition coefficient (Wildman–Crippen LogP) is 3.77. The molecule has 0 spiro atoms. The van der Waals surface area contributed by atoms with Crippen LogP contribution in [0.4, 0.5) is 0 Å². The number of hydrogen-bond donors (Lipinski definition) is 1. The van der Waals surface area contributed by atoms with Gasteiger partial charge in [0, 0.05) is 4.88 Å². The fourth-order valence-corrected chi connectivity index (χ4v) is 2.87. The summed E-state index contributed by atoms with van der Waals surface area (Å²) < 4.78 is 0.549. The molecule has 0 fully saturated rings. The predicted molar refractivity (Wildman–Crippen MR) is 79.1 cm³/mol. The molecule has 2 aromatic heterocycles. The molecule has 0 atom stereocenters. The molecule has 0 unspecified atom stereocenters. The van der Waals surface area contributed by atoms with Gasteiger partial charge < -0.3 is 4.98 Å². The number of rotatable bonds is 3. The van der Waals surface area contributed by atoms with Crippen molar-refractivity contribution in [3.63, 3.8) is 0 Å². The van der Waals surface area contributed by atoms with Gasteiger partial charge in [0.2, 0.25) is 0 Å². The number of nitrogens with one attached hydrogen (secondary N) is 1. The van der Waals surface area contributed by atoms with Crippen LogP contribution in [0.5, 0.6) is 0 Å². The van der Waals surface area contributed by atoms with E-state index in [1.807, 2.05) is 19.1 Å². The zero-order valence-electron chi connectivity index (χ0n) is 10.6. The van der Waals surface area contributed by atoms with Gasteiger partial charge in [-0.25, -0.2) is 4.98 Å². The SMILES string of the molecule is Cc1ccc(-c2nc(CC(C)C)c(Br)c(=O)[nH]2)s1. The third-order valence-corrected chi connectivity index (χ3v) is 4.33. The van der Waals surface area contributed by atoms with Crippen molar-refractivity contribution in [2.75, 3.05) is 0 Å². The van der Waals surface area contributed by atoms with Crippen LogP contribution in [-0.4, -0.2) is 9.97 Å². The smallest absolute Gasteiger partial charge is 0.265 e. The van der Waals surface area contributed by atoms with Gasteiger partial charge in [-0.2, -0.15) is 0 Å². The first-order valence-electron chi connectivity index (χ1n) is 5.83. The summed E-state index contributed by atoms with van der Waals surface area (Å²) in [7, 11) is 0. The third-order valence-electron chi connectivity index (χ3n) is 2.51. The van der Waals surface area contributed by atoms with E-state index in [1.165, 1.54) is 4.88 Å². The first kappa shape index (κ1) is 13.5. The fourth-order valence-electron chi connectivity index (χ4n) is 1.71. The summed E-state index contributed by atoms with van der Waals surface area (Å²) in [5.41, 5.74) is 0.719. The normalized spacial score (nSPS) is 11.2. The lowest BCUT2D eigenvalue weighted by atomic mass is 10.1. The molecular formula is C13H15BrN2OS. The number of H-pyrrole nitrogens is 1. The van der Waals surface area contributed by atoms with Gasteiger partial charge in [-0.3, -0.25) is 4.79 Å². The topological polar surface area (TPSA) is 45.8 Å². The van der Waals surface area contributed by atoms with Gasteiger partial charge in [0.15, 0.2) is 5.82 Å². The monoisotopic (exact) mass is 326 g/mol. The number of aryl methyl sites for hydroxylation is 1. The van der Waals surface area contributed by atoms with E-state index < -0.39 is 0 Å². The van der Waals surface area contributed by atoms with Crippen molar-refractivity contribution in [3.8, 4) is 10.7 Å². The minimum Gasteiger partial charge on any atom is -0.305 e. The molecule has 2 aromatic rings. The van der Waals surface area contributed by atoms with Gasteiger partial charge in [-0.05, 0) is 47.3 Å². The van der Waals surface area contributed by atoms with Gasteiger partial charge in [-0.1, -0.05) is 13.8 Å². The molecule has 2 heterocycles. The van der Waals surface area contributed by atoms with Crippen molar-refractivity contribution < 1.29 is 0 Å². The van der Waals surface area contributed by atoms with E-state index in [-0.39, 0.29) is 5.56 Å². The number of hydrogen-bond acceptors (Lipinski definition) is 3. The van der Waals surface area contributed by atoms with Crippen LogP contribution in [0.1, 0.15) is 24.4 Å². The minimum atomic E-state index is -0.110. The molecule has 0 aliphatic carbocycles. The first-order chi connectivity index (χ1) is 8.47. The van der Waals surface area contributed by atoms with E-state index in [2.05, 4.69) is 39.7 Å². The molecule has 0 aliphatic rings. The standard InChI is InChI=1S/C13H15BrN2OS/c1-7(2)6-9-11(14)13(17)16-12(15-9)10-5-4-8(3)18-10/h4-5,7H,6H2,1-3H3,(H,15,16,17). The highest BCUT2D eigenvalue weighted by Crippen LogP contribution is 2.25. The second-order valence-electron chi connectivity index (χ2n) is 4.68. The lowest BCUT2D eigenvalue weighted by Gasteiger charge is -2.07. The molecule has 5 heteroatoms. The Hall–Kier alpha value is -0.940. The summed E-state index contributed by atoms with van der Waals surface area (Å²) in [5, 5.41) is 0. The number of halogens is 1. The molecular weight excluding hydrogens is 312 g/mol. The zero-order valence-corrected chi connectivity index (χ0v) is 13.0. The summed E-state index contributed by atoms with van der Waals surface area (Å²) >= 11 is 4.95. The summed E-state index contributed by atoms with van der Waals surface area (Å²) in [6.07, 6.45) is 0.794. The van der Waals surface area contributed by atoms with Crippen molar-refractivity contribution in [1.82, 2.24) is 9.97 Å². The van der Waals surface area contributed by atoms with Crippen LogP contribution in [0.3, 0.4) is 0 Å².